The molecule has 0 aliphatic carbocycles. The van der Waals surface area contributed by atoms with Gasteiger partial charge in [0.1, 0.15) is 0 Å². The van der Waals surface area contributed by atoms with Crippen molar-refractivity contribution in [3.8, 4) is 0 Å². The Bertz CT molecular complexity index is 426. The highest BCUT2D eigenvalue weighted by molar-refractivity contribution is 7.85. The number of unbranched alkanes of at least 4 members (excludes halogenated alkanes) is 1. The number of hydrogen-bond acceptors (Lipinski definition) is 2. The summed E-state index contributed by atoms with van der Waals surface area (Å²) in [5, 5.41) is 8.82. The molecule has 0 aromatic heterocycles. The van der Waals surface area contributed by atoms with Crippen LogP contribution in [-0.2, 0) is 10.8 Å². The van der Waals surface area contributed by atoms with E-state index in [4.69, 9.17) is 5.11 Å². The lowest BCUT2D eigenvalue weighted by atomic mass is 10.0. The van der Waals surface area contributed by atoms with Crippen LogP contribution in [0.5, 0.6) is 0 Å². The van der Waals surface area contributed by atoms with Crippen molar-refractivity contribution < 1.29 is 14.1 Å². The van der Waals surface area contributed by atoms with Gasteiger partial charge in [-0.1, -0.05) is 33.1 Å². The molecule has 2 atom stereocenters. The first-order valence-corrected chi connectivity index (χ1v) is 8.12. The zero-order chi connectivity index (χ0) is 14.3. The third kappa shape index (κ3) is 5.15. The smallest absolute Gasteiger partial charge is 0.335 e. The molecule has 0 heterocycles. The van der Waals surface area contributed by atoms with Crippen LogP contribution in [0, 0.1) is 5.92 Å². The van der Waals surface area contributed by atoms with Gasteiger partial charge in [-0.2, -0.15) is 0 Å². The van der Waals surface area contributed by atoms with Crippen molar-refractivity contribution in [3.05, 3.63) is 29.8 Å². The third-order valence-electron chi connectivity index (χ3n) is 3.29. The topological polar surface area (TPSA) is 54.4 Å². The zero-order valence-corrected chi connectivity index (χ0v) is 12.4. The summed E-state index contributed by atoms with van der Waals surface area (Å²) in [4.78, 5) is 11.5. The Balaban J connectivity index is 2.63. The molecular formula is C15H22O3S. The predicted octanol–water partition coefficient (Wildman–Crippen LogP) is 3.71. The molecule has 1 rings (SSSR count). The molecule has 0 spiro atoms. The number of carbonyl (C=O) groups is 1. The molecule has 0 aliphatic rings. The minimum absolute atomic E-state index is 0.235. The molecule has 0 fully saturated rings. The first-order valence-electron chi connectivity index (χ1n) is 6.80. The van der Waals surface area contributed by atoms with Gasteiger partial charge in [0.15, 0.2) is 0 Å². The third-order valence-corrected chi connectivity index (χ3v) is 4.87. The molecule has 2 unspecified atom stereocenters. The minimum atomic E-state index is -1.03. The van der Waals surface area contributed by atoms with Crippen LogP contribution < -0.4 is 0 Å². The molecule has 0 saturated heterocycles. The van der Waals surface area contributed by atoms with Gasteiger partial charge in [0.25, 0.3) is 0 Å². The number of rotatable bonds is 8. The van der Waals surface area contributed by atoms with Crippen molar-refractivity contribution in [1.29, 1.82) is 0 Å². The van der Waals surface area contributed by atoms with Crippen LogP contribution in [0.1, 0.15) is 49.9 Å². The second-order valence-corrected chi connectivity index (χ2v) is 6.25. The van der Waals surface area contributed by atoms with E-state index in [-0.39, 0.29) is 5.56 Å². The summed E-state index contributed by atoms with van der Waals surface area (Å²) < 4.78 is 12.2. The number of aromatic carboxylic acids is 1. The number of carboxylic acids is 1. The summed E-state index contributed by atoms with van der Waals surface area (Å²) in [5.41, 5.74) is 0.235. The first-order chi connectivity index (χ1) is 9.08. The van der Waals surface area contributed by atoms with Gasteiger partial charge in [-0.25, -0.2) is 4.79 Å². The Labute approximate surface area is 117 Å². The van der Waals surface area contributed by atoms with E-state index >= 15 is 0 Å². The molecule has 3 nitrogen and oxygen atoms in total. The molecule has 19 heavy (non-hydrogen) atoms. The van der Waals surface area contributed by atoms with Gasteiger partial charge < -0.3 is 5.11 Å². The predicted molar refractivity (Wildman–Crippen MR) is 78.0 cm³/mol. The monoisotopic (exact) mass is 282 g/mol. The van der Waals surface area contributed by atoms with Crippen LogP contribution in [0.3, 0.4) is 0 Å². The largest absolute Gasteiger partial charge is 0.478 e. The number of carboxylic acid groups (broad SMARTS) is 1. The number of hydrogen-bond donors (Lipinski definition) is 1. The van der Waals surface area contributed by atoms with E-state index in [0.717, 1.165) is 24.2 Å². The number of benzene rings is 1. The Hall–Kier alpha value is -1.16. The standard InChI is InChI=1S/C15H22O3S/c1-3-5-6-12(4-2)11-19(18)14-9-7-13(8-10-14)15(16)17/h7-10,12H,3-6,11H2,1-2H3,(H,16,17). The van der Waals surface area contributed by atoms with Gasteiger partial charge in [-0.15, -0.1) is 0 Å². The fraction of sp³-hybridized carbons (Fsp3) is 0.533. The molecule has 106 valence electrons. The summed E-state index contributed by atoms with van der Waals surface area (Å²) in [5.74, 6) is 0.203. The average Bonchev–Trinajstić information content (AvgIpc) is 2.43. The summed E-state index contributed by atoms with van der Waals surface area (Å²) in [6.07, 6.45) is 4.50. The van der Waals surface area contributed by atoms with E-state index in [1.807, 2.05) is 0 Å². The Morgan fingerprint density at radius 2 is 1.89 bits per heavy atom. The molecule has 0 amide bonds. The normalized spacial score (nSPS) is 14.0. The zero-order valence-electron chi connectivity index (χ0n) is 11.6. The van der Waals surface area contributed by atoms with E-state index in [1.54, 1.807) is 12.1 Å². The fourth-order valence-electron chi connectivity index (χ4n) is 1.96. The second kappa shape index (κ2) is 8.10. The van der Waals surface area contributed by atoms with Crippen molar-refractivity contribution in [2.75, 3.05) is 5.75 Å². The molecule has 1 aromatic carbocycles. The maximum absolute atomic E-state index is 12.2. The van der Waals surface area contributed by atoms with Gasteiger partial charge in [-0.3, -0.25) is 4.21 Å². The van der Waals surface area contributed by atoms with E-state index in [2.05, 4.69) is 13.8 Å². The molecule has 0 saturated carbocycles. The Morgan fingerprint density at radius 1 is 1.26 bits per heavy atom. The molecule has 0 bridgehead atoms. The summed E-state index contributed by atoms with van der Waals surface area (Å²) >= 11 is 0. The van der Waals surface area contributed by atoms with Crippen LogP contribution in [0.4, 0.5) is 0 Å². The van der Waals surface area contributed by atoms with Gasteiger partial charge in [-0.05, 0) is 36.6 Å². The molecule has 4 heteroatoms. The van der Waals surface area contributed by atoms with E-state index in [1.165, 1.54) is 18.6 Å². The average molecular weight is 282 g/mol. The van der Waals surface area contributed by atoms with Crippen molar-refractivity contribution in [2.45, 2.75) is 44.4 Å². The van der Waals surface area contributed by atoms with Gasteiger partial charge in [0.2, 0.25) is 0 Å². The highest BCUT2D eigenvalue weighted by atomic mass is 32.2. The van der Waals surface area contributed by atoms with Crippen molar-refractivity contribution >= 4 is 16.8 Å². The van der Waals surface area contributed by atoms with Crippen LogP contribution >= 0.6 is 0 Å². The van der Waals surface area contributed by atoms with Gasteiger partial charge in [0, 0.05) is 10.6 Å². The van der Waals surface area contributed by atoms with E-state index in [9.17, 15) is 9.00 Å². The summed E-state index contributed by atoms with van der Waals surface area (Å²) in [6.45, 7) is 4.29. The molecule has 1 aromatic rings. The summed E-state index contributed by atoms with van der Waals surface area (Å²) in [6, 6.07) is 6.35. The minimum Gasteiger partial charge on any atom is -0.478 e. The Kier molecular flexibility index (Phi) is 6.78. The molecular weight excluding hydrogens is 260 g/mol. The molecule has 1 N–H and O–H groups in total. The van der Waals surface area contributed by atoms with Crippen LogP contribution in [0.25, 0.3) is 0 Å². The maximum atomic E-state index is 12.2. The quantitative estimate of drug-likeness (QED) is 0.790. The van der Waals surface area contributed by atoms with Crippen LogP contribution in [0.2, 0.25) is 0 Å². The summed E-state index contributed by atoms with van der Waals surface area (Å²) in [7, 11) is -1.03. The lowest BCUT2D eigenvalue weighted by Crippen LogP contribution is -2.11. The van der Waals surface area contributed by atoms with E-state index < -0.39 is 16.8 Å². The van der Waals surface area contributed by atoms with Crippen molar-refractivity contribution in [1.82, 2.24) is 0 Å². The molecule has 0 aliphatic heterocycles. The molecule has 0 radical (unpaired) electrons. The SMILES string of the molecule is CCCCC(CC)CS(=O)c1ccc(C(=O)O)cc1. The fourth-order valence-corrected chi connectivity index (χ4v) is 3.42. The maximum Gasteiger partial charge on any atom is 0.335 e. The van der Waals surface area contributed by atoms with Gasteiger partial charge >= 0.3 is 5.97 Å². The Morgan fingerprint density at radius 3 is 2.37 bits per heavy atom. The van der Waals surface area contributed by atoms with Gasteiger partial charge in [0.05, 0.1) is 16.4 Å². The first kappa shape index (κ1) is 15.9. The lowest BCUT2D eigenvalue weighted by molar-refractivity contribution is 0.0697. The van der Waals surface area contributed by atoms with Crippen LogP contribution in [-0.4, -0.2) is 21.0 Å². The highest BCUT2D eigenvalue weighted by Crippen LogP contribution is 2.18. The second-order valence-electron chi connectivity index (χ2n) is 4.76. The van der Waals surface area contributed by atoms with Crippen molar-refractivity contribution in [3.63, 3.8) is 0 Å². The lowest BCUT2D eigenvalue weighted by Gasteiger charge is -2.13. The highest BCUT2D eigenvalue weighted by Gasteiger charge is 2.13. The van der Waals surface area contributed by atoms with Crippen molar-refractivity contribution in [2.24, 2.45) is 5.92 Å². The van der Waals surface area contributed by atoms with E-state index in [0.29, 0.717) is 11.7 Å². The van der Waals surface area contributed by atoms with Crippen LogP contribution in [0.15, 0.2) is 29.2 Å².